The zero-order chi connectivity index (χ0) is 26.0. The number of amides is 1. The number of hydrogen-bond acceptors (Lipinski definition) is 6. The maximum atomic E-state index is 12.7. The third-order valence-electron chi connectivity index (χ3n) is 5.68. The van der Waals surface area contributed by atoms with Gasteiger partial charge in [-0.15, -0.1) is 0 Å². The summed E-state index contributed by atoms with van der Waals surface area (Å²) in [5.41, 5.74) is 2.87. The van der Waals surface area contributed by atoms with Crippen molar-refractivity contribution in [3.8, 4) is 5.75 Å². The number of sulfonamides is 1. The number of ether oxygens (including phenoxy) is 1. The third-order valence-corrected chi connectivity index (χ3v) is 7.10. The molecule has 9 heteroatoms. The van der Waals surface area contributed by atoms with Gasteiger partial charge in [0.1, 0.15) is 5.75 Å². The highest BCUT2D eigenvalue weighted by atomic mass is 32.2. The van der Waals surface area contributed by atoms with E-state index < -0.39 is 34.6 Å². The minimum absolute atomic E-state index is 0.0824. The predicted octanol–water partition coefficient (Wildman–Crippen LogP) is 2.16. The molecule has 0 aromatic heterocycles. The van der Waals surface area contributed by atoms with Gasteiger partial charge in [0.2, 0.25) is 15.9 Å². The Balaban J connectivity index is 1.63. The number of rotatable bonds is 13. The van der Waals surface area contributed by atoms with Gasteiger partial charge >= 0.3 is 0 Å². The van der Waals surface area contributed by atoms with Gasteiger partial charge in [0, 0.05) is 13.1 Å². The largest absolute Gasteiger partial charge is 0.497 e. The Morgan fingerprint density at radius 3 is 2.36 bits per heavy atom. The van der Waals surface area contributed by atoms with Gasteiger partial charge in [-0.1, -0.05) is 60.2 Å². The standard InChI is InChI=1S/C27H33N3O5S/c1-20-11-13-24(14-12-20)36(33,34)29-19-27(32)30-25(16-22-9-6-10-23(15-22)35-2)26(31)18-28-17-21-7-4-3-5-8-21/h3-15,25-26,28-29,31H,16-19H2,1-2H3,(H,30,32)/t25-,26+/m0/s1. The molecule has 0 saturated heterocycles. The topological polar surface area (TPSA) is 117 Å². The number of nitrogens with one attached hydrogen (secondary N) is 3. The van der Waals surface area contributed by atoms with E-state index in [1.165, 1.54) is 12.1 Å². The van der Waals surface area contributed by atoms with Crippen LogP contribution in [0.2, 0.25) is 0 Å². The molecule has 192 valence electrons. The molecule has 0 heterocycles. The molecule has 0 aliphatic carbocycles. The molecule has 0 aliphatic rings. The average Bonchev–Trinajstić information content (AvgIpc) is 2.88. The fourth-order valence-electron chi connectivity index (χ4n) is 3.66. The van der Waals surface area contributed by atoms with Crippen LogP contribution in [0, 0.1) is 6.92 Å². The van der Waals surface area contributed by atoms with Crippen LogP contribution in [-0.2, 0) is 27.8 Å². The molecule has 0 bridgehead atoms. The number of hydrogen-bond donors (Lipinski definition) is 4. The molecule has 8 nitrogen and oxygen atoms in total. The van der Waals surface area contributed by atoms with Crippen LogP contribution in [0.4, 0.5) is 0 Å². The zero-order valence-corrected chi connectivity index (χ0v) is 21.3. The quantitative estimate of drug-likeness (QED) is 0.280. The number of aliphatic hydroxyl groups excluding tert-OH is 1. The summed E-state index contributed by atoms with van der Waals surface area (Å²) in [5.74, 6) is 0.126. The Bertz CT molecular complexity index is 1220. The van der Waals surface area contributed by atoms with E-state index in [1.807, 2.05) is 61.5 Å². The van der Waals surface area contributed by atoms with Crippen LogP contribution in [-0.4, -0.2) is 51.8 Å². The van der Waals surface area contributed by atoms with Crippen LogP contribution in [0.25, 0.3) is 0 Å². The number of benzene rings is 3. The maximum Gasteiger partial charge on any atom is 0.241 e. The summed E-state index contributed by atoms with van der Waals surface area (Å²) >= 11 is 0. The van der Waals surface area contributed by atoms with Crippen LogP contribution in [0.15, 0.2) is 83.8 Å². The van der Waals surface area contributed by atoms with Crippen LogP contribution in [0.5, 0.6) is 5.75 Å². The zero-order valence-electron chi connectivity index (χ0n) is 20.5. The molecule has 36 heavy (non-hydrogen) atoms. The smallest absolute Gasteiger partial charge is 0.241 e. The lowest BCUT2D eigenvalue weighted by Crippen LogP contribution is -2.51. The molecule has 3 aromatic rings. The van der Waals surface area contributed by atoms with Gasteiger partial charge in [0.05, 0.1) is 30.7 Å². The number of carbonyl (C=O) groups excluding carboxylic acids is 1. The van der Waals surface area contributed by atoms with Gasteiger partial charge in [0.15, 0.2) is 0 Å². The van der Waals surface area contributed by atoms with Crippen molar-refractivity contribution < 1.29 is 23.1 Å². The molecule has 0 fully saturated rings. The molecule has 3 rings (SSSR count). The van der Waals surface area contributed by atoms with Crippen LogP contribution >= 0.6 is 0 Å². The van der Waals surface area contributed by atoms with Crippen molar-refractivity contribution in [1.82, 2.24) is 15.4 Å². The lowest BCUT2D eigenvalue weighted by atomic mass is 10.0. The highest BCUT2D eigenvalue weighted by molar-refractivity contribution is 7.89. The van der Waals surface area contributed by atoms with Crippen molar-refractivity contribution >= 4 is 15.9 Å². The van der Waals surface area contributed by atoms with Gasteiger partial charge in [0.25, 0.3) is 0 Å². The van der Waals surface area contributed by atoms with Gasteiger partial charge in [-0.2, -0.15) is 0 Å². The van der Waals surface area contributed by atoms with E-state index in [-0.39, 0.29) is 11.4 Å². The van der Waals surface area contributed by atoms with Gasteiger partial charge in [-0.05, 0) is 48.7 Å². The van der Waals surface area contributed by atoms with Crippen molar-refractivity contribution in [1.29, 1.82) is 0 Å². The molecule has 0 spiro atoms. The Morgan fingerprint density at radius 1 is 0.972 bits per heavy atom. The number of carbonyl (C=O) groups is 1. The second-order valence-electron chi connectivity index (χ2n) is 8.55. The van der Waals surface area contributed by atoms with Crippen molar-refractivity contribution in [3.05, 3.63) is 95.6 Å². The average molecular weight is 512 g/mol. The summed E-state index contributed by atoms with van der Waals surface area (Å²) in [4.78, 5) is 12.8. The highest BCUT2D eigenvalue weighted by Gasteiger charge is 2.23. The first-order chi connectivity index (χ1) is 17.3. The van der Waals surface area contributed by atoms with E-state index in [4.69, 9.17) is 4.74 Å². The Morgan fingerprint density at radius 2 is 1.67 bits per heavy atom. The van der Waals surface area contributed by atoms with E-state index in [0.29, 0.717) is 18.7 Å². The summed E-state index contributed by atoms with van der Waals surface area (Å²) in [6, 6.07) is 22.9. The molecule has 0 unspecified atom stereocenters. The molecule has 0 saturated carbocycles. The van der Waals surface area contributed by atoms with E-state index >= 15 is 0 Å². The van der Waals surface area contributed by atoms with E-state index in [9.17, 15) is 18.3 Å². The first-order valence-corrected chi connectivity index (χ1v) is 13.2. The van der Waals surface area contributed by atoms with Crippen LogP contribution < -0.4 is 20.1 Å². The lowest BCUT2D eigenvalue weighted by molar-refractivity contribution is -0.121. The van der Waals surface area contributed by atoms with Crippen molar-refractivity contribution in [2.45, 2.75) is 36.9 Å². The Kier molecular flexibility index (Phi) is 10.0. The van der Waals surface area contributed by atoms with Crippen molar-refractivity contribution in [3.63, 3.8) is 0 Å². The molecule has 3 aromatic carbocycles. The summed E-state index contributed by atoms with van der Waals surface area (Å²) in [6.45, 7) is 2.21. The summed E-state index contributed by atoms with van der Waals surface area (Å²) in [6.07, 6.45) is -0.584. The molecular weight excluding hydrogens is 478 g/mol. The number of methoxy groups -OCH3 is 1. The molecule has 2 atom stereocenters. The molecule has 1 amide bonds. The second kappa shape index (κ2) is 13.2. The van der Waals surface area contributed by atoms with E-state index in [1.54, 1.807) is 19.2 Å². The molecule has 0 aliphatic heterocycles. The van der Waals surface area contributed by atoms with E-state index in [2.05, 4.69) is 15.4 Å². The van der Waals surface area contributed by atoms with Crippen molar-refractivity contribution in [2.75, 3.05) is 20.2 Å². The van der Waals surface area contributed by atoms with Crippen LogP contribution in [0.3, 0.4) is 0 Å². The molecule has 4 N–H and O–H groups in total. The summed E-state index contributed by atoms with van der Waals surface area (Å²) in [7, 11) is -2.27. The normalized spacial score (nSPS) is 13.1. The van der Waals surface area contributed by atoms with Crippen LogP contribution in [0.1, 0.15) is 16.7 Å². The number of aliphatic hydroxyl groups is 1. The Labute approximate surface area is 212 Å². The predicted molar refractivity (Wildman–Crippen MR) is 139 cm³/mol. The highest BCUT2D eigenvalue weighted by Crippen LogP contribution is 2.15. The first kappa shape index (κ1) is 27.3. The third kappa shape index (κ3) is 8.46. The fourth-order valence-corrected chi connectivity index (χ4v) is 4.64. The first-order valence-electron chi connectivity index (χ1n) is 11.7. The minimum atomic E-state index is -3.84. The van der Waals surface area contributed by atoms with Gasteiger partial charge < -0.3 is 20.5 Å². The maximum absolute atomic E-state index is 12.7. The fraction of sp³-hybridized carbons (Fsp3) is 0.296. The minimum Gasteiger partial charge on any atom is -0.497 e. The molecular formula is C27H33N3O5S. The van der Waals surface area contributed by atoms with Crippen molar-refractivity contribution in [2.24, 2.45) is 0 Å². The monoisotopic (exact) mass is 511 g/mol. The summed E-state index contributed by atoms with van der Waals surface area (Å²) in [5, 5.41) is 16.9. The van der Waals surface area contributed by atoms with Gasteiger partial charge in [-0.3, -0.25) is 4.79 Å². The lowest BCUT2D eigenvalue weighted by Gasteiger charge is -2.25. The Hall–Kier alpha value is -3.24. The second-order valence-corrected chi connectivity index (χ2v) is 10.3. The number of aryl methyl sites for hydroxylation is 1. The molecule has 0 radical (unpaired) electrons. The summed E-state index contributed by atoms with van der Waals surface area (Å²) < 4.78 is 32.7. The van der Waals surface area contributed by atoms with E-state index in [0.717, 1.165) is 16.7 Å². The van der Waals surface area contributed by atoms with Gasteiger partial charge in [-0.25, -0.2) is 13.1 Å². The SMILES string of the molecule is COc1cccc(C[C@H](NC(=O)CNS(=O)(=O)c2ccc(C)cc2)[C@H](O)CNCc2ccccc2)c1.